The van der Waals surface area contributed by atoms with Crippen LogP contribution in [0.4, 0.5) is 5.69 Å². The largest absolute Gasteiger partial charge is 0.432 e. The predicted octanol–water partition coefficient (Wildman–Crippen LogP) is 4.18. The Morgan fingerprint density at radius 1 is 1.37 bits per heavy atom. The highest BCUT2D eigenvalue weighted by Crippen LogP contribution is 2.36. The third kappa shape index (κ3) is 4.45. The number of nitrogens with zero attached hydrogens (tertiary/aromatic N) is 3. The number of amides is 1. The molecule has 1 N–H and O–H groups in total. The molecule has 1 amide bonds. The number of hydrogen-bond donors (Lipinski definition) is 1. The number of carbonyl (C=O) groups is 1. The first-order chi connectivity index (χ1) is 12.6. The number of benzene rings is 1. The third-order valence-corrected chi connectivity index (χ3v) is 4.18. The summed E-state index contributed by atoms with van der Waals surface area (Å²) in [5.74, 6) is 0.119. The molecule has 0 spiro atoms. The van der Waals surface area contributed by atoms with E-state index in [4.69, 9.17) is 4.74 Å². The van der Waals surface area contributed by atoms with Gasteiger partial charge < -0.3 is 10.1 Å². The monoisotopic (exact) mass is 374 g/mol. The molecule has 0 unspecified atom stereocenters. The van der Waals surface area contributed by atoms with Crippen molar-refractivity contribution in [2.24, 2.45) is 0 Å². The summed E-state index contributed by atoms with van der Waals surface area (Å²) >= 11 is 0. The van der Waals surface area contributed by atoms with Crippen molar-refractivity contribution in [1.29, 1.82) is 0 Å². The first-order valence-electron chi connectivity index (χ1n) is 8.88. The molecular weight excluding hydrogens is 348 g/mol. The molecule has 8 nitrogen and oxygen atoms in total. The van der Waals surface area contributed by atoms with E-state index in [1.54, 1.807) is 23.7 Å². The van der Waals surface area contributed by atoms with Gasteiger partial charge in [-0.2, -0.15) is 5.10 Å². The fourth-order valence-corrected chi connectivity index (χ4v) is 2.46. The van der Waals surface area contributed by atoms with Gasteiger partial charge in [0.1, 0.15) is 0 Å². The number of carbonyl (C=O) groups excluding carboxylic acids is 1. The zero-order valence-corrected chi connectivity index (χ0v) is 16.6. The van der Waals surface area contributed by atoms with Crippen molar-refractivity contribution >= 4 is 11.6 Å². The van der Waals surface area contributed by atoms with E-state index in [2.05, 4.69) is 10.4 Å². The molecule has 27 heavy (non-hydrogen) atoms. The van der Waals surface area contributed by atoms with Gasteiger partial charge in [0.15, 0.2) is 5.69 Å². The molecule has 0 fully saturated rings. The second kappa shape index (κ2) is 7.77. The molecule has 0 saturated heterocycles. The van der Waals surface area contributed by atoms with Crippen LogP contribution in [0.1, 0.15) is 57.1 Å². The van der Waals surface area contributed by atoms with Crippen molar-refractivity contribution in [3.8, 4) is 11.6 Å². The molecule has 146 valence electrons. The maximum absolute atomic E-state index is 12.6. The standard InChI is InChI=1S/C19H26N4O4/c1-7-12(2)20-17(24)16-13(3)18(22(21-16)19(4,5)6)27-15-11-9-8-10-14(15)23(25)26/h8-12H,7H2,1-6H3,(H,20,24)/t12-/m1/s1. The van der Waals surface area contributed by atoms with Gasteiger partial charge >= 0.3 is 5.69 Å². The maximum Gasteiger partial charge on any atom is 0.311 e. The Labute approximate surface area is 158 Å². The number of nitro groups is 1. The number of rotatable bonds is 6. The minimum Gasteiger partial charge on any atom is -0.432 e. The van der Waals surface area contributed by atoms with Crippen LogP contribution in [0.3, 0.4) is 0 Å². The van der Waals surface area contributed by atoms with E-state index >= 15 is 0 Å². The van der Waals surface area contributed by atoms with Crippen LogP contribution in [0, 0.1) is 17.0 Å². The lowest BCUT2D eigenvalue weighted by molar-refractivity contribution is -0.385. The van der Waals surface area contributed by atoms with Crippen molar-refractivity contribution in [1.82, 2.24) is 15.1 Å². The summed E-state index contributed by atoms with van der Waals surface area (Å²) in [6.07, 6.45) is 0.796. The summed E-state index contributed by atoms with van der Waals surface area (Å²) < 4.78 is 7.49. The quantitative estimate of drug-likeness (QED) is 0.604. The van der Waals surface area contributed by atoms with E-state index in [0.717, 1.165) is 6.42 Å². The third-order valence-electron chi connectivity index (χ3n) is 4.18. The van der Waals surface area contributed by atoms with Gasteiger partial charge in [-0.05, 0) is 47.1 Å². The topological polar surface area (TPSA) is 99.3 Å². The average Bonchev–Trinajstić information content (AvgIpc) is 2.92. The Bertz CT molecular complexity index is 852. The Balaban J connectivity index is 2.53. The van der Waals surface area contributed by atoms with Gasteiger partial charge in [-0.3, -0.25) is 14.9 Å². The molecule has 0 aliphatic carbocycles. The van der Waals surface area contributed by atoms with E-state index in [1.807, 2.05) is 34.6 Å². The second-order valence-electron chi connectivity index (χ2n) is 7.47. The van der Waals surface area contributed by atoms with Gasteiger partial charge in [-0.1, -0.05) is 19.1 Å². The van der Waals surface area contributed by atoms with E-state index in [0.29, 0.717) is 11.4 Å². The van der Waals surface area contributed by atoms with Crippen LogP contribution in [0.15, 0.2) is 24.3 Å². The minimum absolute atomic E-state index is 0.0104. The van der Waals surface area contributed by atoms with Crippen molar-refractivity contribution < 1.29 is 14.5 Å². The highest BCUT2D eigenvalue weighted by Gasteiger charge is 2.29. The van der Waals surface area contributed by atoms with Gasteiger partial charge in [0, 0.05) is 17.7 Å². The molecule has 1 aromatic heterocycles. The van der Waals surface area contributed by atoms with Gasteiger partial charge in [0.25, 0.3) is 5.91 Å². The normalized spacial score (nSPS) is 12.5. The molecule has 0 aliphatic heterocycles. The first-order valence-corrected chi connectivity index (χ1v) is 8.88. The zero-order chi connectivity index (χ0) is 20.4. The van der Waals surface area contributed by atoms with Crippen molar-refractivity contribution in [3.05, 3.63) is 45.6 Å². The van der Waals surface area contributed by atoms with Crippen LogP contribution in [-0.4, -0.2) is 26.7 Å². The minimum atomic E-state index is -0.501. The lowest BCUT2D eigenvalue weighted by Crippen LogP contribution is -2.33. The average molecular weight is 374 g/mol. The summed E-state index contributed by atoms with van der Waals surface area (Å²) in [5, 5.41) is 18.6. The summed E-state index contributed by atoms with van der Waals surface area (Å²) in [5.41, 5.74) is 0.144. The highest BCUT2D eigenvalue weighted by molar-refractivity contribution is 5.94. The summed E-state index contributed by atoms with van der Waals surface area (Å²) in [6.45, 7) is 11.4. The van der Waals surface area contributed by atoms with E-state index in [1.165, 1.54) is 12.1 Å². The number of hydrogen-bond acceptors (Lipinski definition) is 5. The molecule has 0 saturated carbocycles. The molecule has 0 radical (unpaired) electrons. The fourth-order valence-electron chi connectivity index (χ4n) is 2.46. The first kappa shape index (κ1) is 20.4. The number of aromatic nitrogens is 2. The zero-order valence-electron chi connectivity index (χ0n) is 16.6. The van der Waals surface area contributed by atoms with Crippen LogP contribution >= 0.6 is 0 Å². The molecule has 2 aromatic rings. The van der Waals surface area contributed by atoms with Gasteiger partial charge in [0.05, 0.1) is 10.5 Å². The Hall–Kier alpha value is -2.90. The SMILES string of the molecule is CC[C@@H](C)NC(=O)c1nn(C(C)(C)C)c(Oc2ccccc2[N+](=O)[O-])c1C. The Morgan fingerprint density at radius 2 is 2.00 bits per heavy atom. The van der Waals surface area contributed by atoms with Crippen molar-refractivity contribution in [2.75, 3.05) is 0 Å². The summed E-state index contributed by atoms with van der Waals surface area (Å²) in [6, 6.07) is 6.14. The molecule has 1 atom stereocenters. The van der Waals surface area contributed by atoms with Crippen LogP contribution in [-0.2, 0) is 5.54 Å². The van der Waals surface area contributed by atoms with Gasteiger partial charge in [0.2, 0.25) is 11.6 Å². The molecule has 1 heterocycles. The number of nitro benzene ring substituents is 1. The molecular formula is C19H26N4O4. The number of para-hydroxylation sites is 2. The van der Waals surface area contributed by atoms with Crippen LogP contribution in [0.25, 0.3) is 0 Å². The molecule has 8 heteroatoms. The van der Waals surface area contributed by atoms with Crippen molar-refractivity contribution in [3.63, 3.8) is 0 Å². The van der Waals surface area contributed by atoms with E-state index in [9.17, 15) is 14.9 Å². The number of nitrogens with one attached hydrogen (secondary N) is 1. The number of ether oxygens (including phenoxy) is 1. The van der Waals surface area contributed by atoms with E-state index < -0.39 is 10.5 Å². The van der Waals surface area contributed by atoms with Crippen LogP contribution in [0.2, 0.25) is 0 Å². The molecule has 2 rings (SSSR count). The lowest BCUT2D eigenvalue weighted by Gasteiger charge is -2.22. The smallest absolute Gasteiger partial charge is 0.311 e. The molecule has 0 bridgehead atoms. The van der Waals surface area contributed by atoms with Crippen LogP contribution in [0.5, 0.6) is 11.6 Å². The maximum atomic E-state index is 12.6. The van der Waals surface area contributed by atoms with Crippen molar-refractivity contribution in [2.45, 2.75) is 59.5 Å². The highest BCUT2D eigenvalue weighted by atomic mass is 16.6. The van der Waals surface area contributed by atoms with E-state index in [-0.39, 0.29) is 29.1 Å². The predicted molar refractivity (Wildman–Crippen MR) is 102 cm³/mol. The Morgan fingerprint density at radius 3 is 2.56 bits per heavy atom. The fraction of sp³-hybridized carbons (Fsp3) is 0.474. The van der Waals surface area contributed by atoms with Crippen LogP contribution < -0.4 is 10.1 Å². The molecule has 0 aliphatic rings. The lowest BCUT2D eigenvalue weighted by atomic mass is 10.1. The Kier molecular flexibility index (Phi) is 5.88. The summed E-state index contributed by atoms with van der Waals surface area (Å²) in [7, 11) is 0. The second-order valence-corrected chi connectivity index (χ2v) is 7.47. The molecule has 1 aromatic carbocycles. The van der Waals surface area contributed by atoms with Gasteiger partial charge in [-0.15, -0.1) is 0 Å². The van der Waals surface area contributed by atoms with Gasteiger partial charge in [-0.25, -0.2) is 4.68 Å². The summed E-state index contributed by atoms with van der Waals surface area (Å²) in [4.78, 5) is 23.4.